The highest BCUT2D eigenvalue weighted by atomic mass is 79.9. The van der Waals surface area contributed by atoms with E-state index in [0.717, 1.165) is 18.2 Å². The summed E-state index contributed by atoms with van der Waals surface area (Å²) in [5, 5.41) is 5.21. The zero-order valence-electron chi connectivity index (χ0n) is 30.7. The van der Waals surface area contributed by atoms with Gasteiger partial charge in [-0.25, -0.2) is 44.4 Å². The number of anilines is 2. The maximum absolute atomic E-state index is 13.5. The first-order valence-electron chi connectivity index (χ1n) is 17.7. The van der Waals surface area contributed by atoms with E-state index in [-0.39, 0.29) is 46.0 Å². The molecule has 0 atom stereocenters. The van der Waals surface area contributed by atoms with E-state index in [2.05, 4.69) is 41.8 Å². The first-order chi connectivity index (χ1) is 28.5. The quantitative estimate of drug-likeness (QED) is 0.139. The van der Waals surface area contributed by atoms with Gasteiger partial charge >= 0.3 is 0 Å². The second-order valence-corrected chi connectivity index (χ2v) is 21.4. The fourth-order valence-electron chi connectivity index (χ4n) is 6.33. The Morgan fingerprint density at radius 3 is 1.38 bits per heavy atom. The van der Waals surface area contributed by atoms with Gasteiger partial charge in [-0.2, -0.15) is 8.61 Å². The van der Waals surface area contributed by atoms with Crippen LogP contribution in [-0.2, 0) is 20.0 Å². The Morgan fingerprint density at radius 2 is 0.967 bits per heavy atom. The molecule has 2 aromatic heterocycles. The molecule has 6 aromatic rings. The highest BCUT2D eigenvalue weighted by molar-refractivity contribution is 9.10. The van der Waals surface area contributed by atoms with E-state index in [0.29, 0.717) is 67.9 Å². The van der Waals surface area contributed by atoms with E-state index in [9.17, 15) is 34.4 Å². The summed E-state index contributed by atoms with van der Waals surface area (Å²) < 4.78 is 110. The largest absolute Gasteiger partial charge is 0.345 e. The SMILES string of the molecule is O=S(=O)(c1ccc(Br)cc1Cl)N1CCN(c2nc(-c3cc(F)cc(F)c3)cs2)CC1.O=S(=O)(c1ccc(Br)cc1Cl)N1CCN(c2nc(-c3ccc(F)c(F)c3)cs2)CC1. The summed E-state index contributed by atoms with van der Waals surface area (Å²) in [5.41, 5.74) is 1.87. The minimum Gasteiger partial charge on any atom is -0.345 e. The van der Waals surface area contributed by atoms with Crippen LogP contribution in [0.3, 0.4) is 0 Å². The molecule has 2 saturated heterocycles. The molecule has 0 saturated carbocycles. The monoisotopic (exact) mass is 1070 g/mol. The van der Waals surface area contributed by atoms with Crippen LogP contribution in [0.25, 0.3) is 22.5 Å². The fraction of sp³-hybridized carbons (Fsp3) is 0.211. The minimum absolute atomic E-state index is 0.0745. The Bertz CT molecular complexity index is 2750. The van der Waals surface area contributed by atoms with Crippen LogP contribution in [0.5, 0.6) is 0 Å². The smallest absolute Gasteiger partial charge is 0.244 e. The van der Waals surface area contributed by atoms with Crippen molar-refractivity contribution < 1.29 is 34.4 Å². The van der Waals surface area contributed by atoms with Crippen LogP contribution in [0.2, 0.25) is 10.0 Å². The van der Waals surface area contributed by atoms with Gasteiger partial charge in [0, 0.05) is 89.3 Å². The number of benzene rings is 4. The van der Waals surface area contributed by atoms with Gasteiger partial charge in [0.15, 0.2) is 21.9 Å². The predicted molar refractivity (Wildman–Crippen MR) is 235 cm³/mol. The highest BCUT2D eigenvalue weighted by Gasteiger charge is 2.32. The molecule has 2 fully saturated rings. The molecule has 0 unspecified atom stereocenters. The molecule has 316 valence electrons. The van der Waals surface area contributed by atoms with Crippen molar-refractivity contribution in [2.24, 2.45) is 0 Å². The lowest BCUT2D eigenvalue weighted by Crippen LogP contribution is -2.48. The Morgan fingerprint density at radius 1 is 0.533 bits per heavy atom. The number of rotatable bonds is 8. The Labute approximate surface area is 378 Å². The molecule has 60 heavy (non-hydrogen) atoms. The van der Waals surface area contributed by atoms with E-state index in [4.69, 9.17) is 23.2 Å². The lowest BCUT2D eigenvalue weighted by molar-refractivity contribution is 0.384. The van der Waals surface area contributed by atoms with E-state index in [1.165, 1.54) is 61.6 Å². The average Bonchev–Trinajstić information content (AvgIpc) is 3.91. The highest BCUT2D eigenvalue weighted by Crippen LogP contribution is 2.34. The van der Waals surface area contributed by atoms with Crippen LogP contribution in [0.15, 0.2) is 102 Å². The third-order valence-electron chi connectivity index (χ3n) is 9.40. The van der Waals surface area contributed by atoms with Gasteiger partial charge in [0.25, 0.3) is 0 Å². The molecule has 10 nitrogen and oxygen atoms in total. The second kappa shape index (κ2) is 18.7. The number of piperazine rings is 2. The second-order valence-electron chi connectivity index (χ2n) is 13.2. The molecule has 0 spiro atoms. The third-order valence-corrected chi connectivity index (χ3v) is 17.0. The van der Waals surface area contributed by atoms with Crippen molar-refractivity contribution in [3.05, 3.63) is 126 Å². The summed E-state index contributed by atoms with van der Waals surface area (Å²) in [6, 6.07) is 16.3. The van der Waals surface area contributed by atoms with Crippen molar-refractivity contribution >= 4 is 108 Å². The van der Waals surface area contributed by atoms with Crippen molar-refractivity contribution in [3.63, 3.8) is 0 Å². The zero-order chi connectivity index (χ0) is 42.9. The molecule has 2 aliphatic rings. The van der Waals surface area contributed by atoms with Gasteiger partial charge < -0.3 is 9.80 Å². The molecule has 22 heteroatoms. The number of aromatic nitrogens is 2. The van der Waals surface area contributed by atoms with Gasteiger partial charge in [0.1, 0.15) is 21.4 Å². The van der Waals surface area contributed by atoms with Crippen molar-refractivity contribution in [1.82, 2.24) is 18.6 Å². The Hall–Kier alpha value is -3.18. The van der Waals surface area contributed by atoms with Crippen molar-refractivity contribution in [2.45, 2.75) is 9.79 Å². The number of nitrogens with zero attached hydrogens (tertiary/aromatic N) is 6. The molecule has 0 amide bonds. The maximum atomic E-state index is 13.5. The number of thiazole rings is 2. The summed E-state index contributed by atoms with van der Waals surface area (Å²) in [5.74, 6) is -3.15. The summed E-state index contributed by atoms with van der Waals surface area (Å²) in [4.78, 5) is 13.1. The predicted octanol–water partition coefficient (Wildman–Crippen LogP) is 10.0. The van der Waals surface area contributed by atoms with Gasteiger partial charge in [0.05, 0.1) is 21.4 Å². The lowest BCUT2D eigenvalue weighted by atomic mass is 10.1. The van der Waals surface area contributed by atoms with Crippen LogP contribution in [0, 0.1) is 23.3 Å². The van der Waals surface area contributed by atoms with Gasteiger partial charge in [-0.1, -0.05) is 55.1 Å². The maximum Gasteiger partial charge on any atom is 0.244 e. The molecular formula is C38H30Br2Cl2F4N6O4S4. The van der Waals surface area contributed by atoms with E-state index in [1.54, 1.807) is 35.0 Å². The van der Waals surface area contributed by atoms with Crippen LogP contribution in [0.4, 0.5) is 27.8 Å². The van der Waals surface area contributed by atoms with Crippen LogP contribution < -0.4 is 9.80 Å². The lowest BCUT2D eigenvalue weighted by Gasteiger charge is -2.33. The molecule has 4 heterocycles. The molecule has 0 bridgehead atoms. The standard InChI is InChI=1S/2C19H15BrClF2N3O2S2/c20-13-2-4-18(14(21)10-13)30(27,28)26-7-5-25(6-8-26)19-24-17(11-29-19)12-1-3-15(22)16(23)9-12;20-13-1-2-18(16(21)9-13)30(27,28)26-5-3-25(4-6-26)19-24-17(11-29-19)12-7-14(22)10-15(23)8-12/h1-4,9-11H,5-8H2;1-2,7-11H,3-6H2. The summed E-state index contributed by atoms with van der Waals surface area (Å²) >= 11 is 21.5. The molecule has 0 N–H and O–H groups in total. The number of hydrogen-bond acceptors (Lipinski definition) is 10. The third kappa shape index (κ3) is 10.0. The Kier molecular flexibility index (Phi) is 14.0. The number of halogens is 8. The minimum atomic E-state index is -3.71. The summed E-state index contributed by atoms with van der Waals surface area (Å²) in [6.45, 7) is 2.92. The topological polar surface area (TPSA) is 107 Å². The van der Waals surface area contributed by atoms with Gasteiger partial charge in [-0.05, 0) is 66.7 Å². The first kappa shape index (κ1) is 44.9. The number of hydrogen-bond donors (Lipinski definition) is 0. The fourth-order valence-corrected chi connectivity index (χ4v) is 13.0. The van der Waals surface area contributed by atoms with Crippen LogP contribution >= 0.6 is 77.7 Å². The normalized spacial score (nSPS) is 15.5. The van der Waals surface area contributed by atoms with Crippen molar-refractivity contribution in [3.8, 4) is 22.5 Å². The van der Waals surface area contributed by atoms with Gasteiger partial charge in [0.2, 0.25) is 20.0 Å². The van der Waals surface area contributed by atoms with E-state index >= 15 is 0 Å². The van der Waals surface area contributed by atoms with Gasteiger partial charge in [-0.3, -0.25) is 0 Å². The molecule has 8 rings (SSSR count). The van der Waals surface area contributed by atoms with E-state index in [1.807, 2.05) is 9.80 Å². The average molecular weight is 1070 g/mol. The number of sulfonamides is 2. The van der Waals surface area contributed by atoms with E-state index < -0.39 is 43.3 Å². The molecule has 0 aliphatic carbocycles. The van der Waals surface area contributed by atoms with Crippen LogP contribution in [0.1, 0.15) is 0 Å². The Balaban J connectivity index is 0.000000181. The van der Waals surface area contributed by atoms with Gasteiger partial charge in [-0.15, -0.1) is 22.7 Å². The molecule has 2 aliphatic heterocycles. The summed E-state index contributed by atoms with van der Waals surface area (Å²) in [7, 11) is -7.41. The molecule has 4 aromatic carbocycles. The molecular weight excluding hydrogens is 1040 g/mol. The molecule has 0 radical (unpaired) electrons. The van der Waals surface area contributed by atoms with Crippen molar-refractivity contribution in [1.29, 1.82) is 0 Å². The van der Waals surface area contributed by atoms with Crippen LogP contribution in [-0.4, -0.2) is 87.8 Å². The first-order valence-corrected chi connectivity index (χ1v) is 24.7. The zero-order valence-corrected chi connectivity index (χ0v) is 38.7. The van der Waals surface area contributed by atoms with Crippen molar-refractivity contribution in [2.75, 3.05) is 62.2 Å². The summed E-state index contributed by atoms with van der Waals surface area (Å²) in [6.07, 6.45) is 0.